The molecular weight excluding hydrogens is 204 g/mol. The van der Waals surface area contributed by atoms with Gasteiger partial charge in [-0.05, 0) is 18.2 Å². The van der Waals surface area contributed by atoms with Crippen LogP contribution < -0.4 is 4.74 Å². The van der Waals surface area contributed by atoms with Gasteiger partial charge >= 0.3 is 0 Å². The number of hydrogen-bond acceptors (Lipinski definition) is 2. The summed E-state index contributed by atoms with van der Waals surface area (Å²) in [6, 6.07) is 16.6. The summed E-state index contributed by atoms with van der Waals surface area (Å²) in [6.45, 7) is 0.667. The normalized spacial score (nSPS) is 13.3. The number of fused-ring (bicyclic) bond motifs is 2. The number of rotatable bonds is 0. The Morgan fingerprint density at radius 2 is 1.60 bits per heavy atom. The zero-order valence-electron chi connectivity index (χ0n) is 8.14. The van der Waals surface area contributed by atoms with Gasteiger partial charge in [0.1, 0.15) is 12.4 Å². The first-order valence-corrected chi connectivity index (χ1v) is 5.73. The van der Waals surface area contributed by atoms with Crippen LogP contribution >= 0.6 is 11.8 Å². The van der Waals surface area contributed by atoms with E-state index in [1.54, 1.807) is 11.8 Å². The topological polar surface area (TPSA) is 9.23 Å². The maximum atomic E-state index is 5.75. The van der Waals surface area contributed by atoms with Crippen LogP contribution in [0.25, 0.3) is 0 Å². The van der Waals surface area contributed by atoms with Gasteiger partial charge in [0, 0.05) is 10.5 Å². The predicted molar refractivity (Wildman–Crippen MR) is 61.3 cm³/mol. The van der Waals surface area contributed by atoms with E-state index < -0.39 is 0 Å². The Hall–Kier alpha value is -1.41. The highest BCUT2D eigenvalue weighted by atomic mass is 32.2. The van der Waals surface area contributed by atoms with Crippen molar-refractivity contribution in [2.24, 2.45) is 0 Å². The Morgan fingerprint density at radius 3 is 2.53 bits per heavy atom. The Labute approximate surface area is 93.1 Å². The molecule has 3 rings (SSSR count). The maximum Gasteiger partial charge on any atom is 0.133 e. The minimum Gasteiger partial charge on any atom is -0.488 e. The average molecular weight is 214 g/mol. The van der Waals surface area contributed by atoms with E-state index in [4.69, 9.17) is 4.74 Å². The first-order valence-electron chi connectivity index (χ1n) is 4.91. The monoisotopic (exact) mass is 214 g/mol. The summed E-state index contributed by atoms with van der Waals surface area (Å²) in [5.74, 6) is 0.985. The van der Waals surface area contributed by atoms with Crippen LogP contribution in [-0.2, 0) is 6.61 Å². The average Bonchev–Trinajstić information content (AvgIpc) is 2.48. The van der Waals surface area contributed by atoms with E-state index in [2.05, 4.69) is 30.3 Å². The number of ether oxygens (including phenoxy) is 1. The lowest BCUT2D eigenvalue weighted by Crippen LogP contribution is -1.93. The van der Waals surface area contributed by atoms with Crippen LogP contribution in [-0.4, -0.2) is 0 Å². The molecule has 0 aliphatic carbocycles. The van der Waals surface area contributed by atoms with Gasteiger partial charge in [0.25, 0.3) is 0 Å². The smallest absolute Gasteiger partial charge is 0.133 e. The SMILES string of the molecule is c1ccc2c(c1)COc1ccccc1S2. The molecule has 0 bridgehead atoms. The van der Waals surface area contributed by atoms with Crippen LogP contribution in [0, 0.1) is 0 Å². The van der Waals surface area contributed by atoms with Crippen LogP contribution in [0.5, 0.6) is 5.75 Å². The number of hydrogen-bond donors (Lipinski definition) is 0. The lowest BCUT2D eigenvalue weighted by Gasteiger charge is -2.04. The van der Waals surface area contributed by atoms with Crippen LogP contribution in [0.4, 0.5) is 0 Å². The highest BCUT2D eigenvalue weighted by Crippen LogP contribution is 2.39. The second-order valence-electron chi connectivity index (χ2n) is 3.45. The van der Waals surface area contributed by atoms with Crippen LogP contribution in [0.3, 0.4) is 0 Å². The lowest BCUT2D eigenvalue weighted by atomic mass is 10.2. The highest BCUT2D eigenvalue weighted by Gasteiger charge is 2.13. The summed E-state index contributed by atoms with van der Waals surface area (Å²) in [5.41, 5.74) is 1.26. The molecule has 0 radical (unpaired) electrons. The van der Waals surface area contributed by atoms with Gasteiger partial charge in [-0.1, -0.05) is 42.1 Å². The molecule has 0 N–H and O–H groups in total. The van der Waals surface area contributed by atoms with Gasteiger partial charge in [-0.2, -0.15) is 0 Å². The zero-order chi connectivity index (χ0) is 10.1. The van der Waals surface area contributed by atoms with Crippen molar-refractivity contribution in [3.63, 3.8) is 0 Å². The molecule has 0 fully saturated rings. The molecule has 0 spiro atoms. The number of para-hydroxylation sites is 1. The van der Waals surface area contributed by atoms with Gasteiger partial charge in [0.15, 0.2) is 0 Å². The molecule has 2 aromatic rings. The third-order valence-corrected chi connectivity index (χ3v) is 3.60. The first-order chi connectivity index (χ1) is 7.43. The van der Waals surface area contributed by atoms with Gasteiger partial charge in [-0.3, -0.25) is 0 Å². The fourth-order valence-corrected chi connectivity index (χ4v) is 2.67. The van der Waals surface area contributed by atoms with Crippen LogP contribution in [0.2, 0.25) is 0 Å². The van der Waals surface area contributed by atoms with Crippen molar-refractivity contribution >= 4 is 11.8 Å². The summed E-state index contributed by atoms with van der Waals surface area (Å²) >= 11 is 1.78. The van der Waals surface area contributed by atoms with E-state index in [1.807, 2.05) is 18.2 Å². The van der Waals surface area contributed by atoms with Crippen molar-refractivity contribution < 1.29 is 4.74 Å². The molecule has 2 heteroatoms. The quantitative estimate of drug-likeness (QED) is 0.661. The third-order valence-electron chi connectivity index (χ3n) is 2.42. The molecule has 0 amide bonds. The summed E-state index contributed by atoms with van der Waals surface area (Å²) in [7, 11) is 0. The first kappa shape index (κ1) is 8.86. The van der Waals surface area contributed by atoms with Crippen molar-refractivity contribution in [2.75, 3.05) is 0 Å². The fourth-order valence-electron chi connectivity index (χ4n) is 1.65. The van der Waals surface area contributed by atoms with Crippen molar-refractivity contribution in [3.05, 3.63) is 54.1 Å². The molecule has 15 heavy (non-hydrogen) atoms. The molecule has 0 saturated heterocycles. The zero-order valence-corrected chi connectivity index (χ0v) is 8.96. The summed E-state index contributed by atoms with van der Waals surface area (Å²) in [5, 5.41) is 0. The fraction of sp³-hybridized carbons (Fsp3) is 0.0769. The largest absolute Gasteiger partial charge is 0.488 e. The predicted octanol–water partition coefficient (Wildman–Crippen LogP) is 3.73. The molecule has 0 unspecified atom stereocenters. The Balaban J connectivity index is 2.10. The molecule has 0 atom stereocenters. The molecule has 1 heterocycles. The molecule has 1 nitrogen and oxygen atoms in total. The molecule has 2 aromatic carbocycles. The van der Waals surface area contributed by atoms with Crippen molar-refractivity contribution in [2.45, 2.75) is 16.4 Å². The molecule has 74 valence electrons. The van der Waals surface area contributed by atoms with Crippen LogP contribution in [0.15, 0.2) is 58.3 Å². The van der Waals surface area contributed by atoms with Gasteiger partial charge in [-0.15, -0.1) is 0 Å². The number of benzene rings is 2. The van der Waals surface area contributed by atoms with Gasteiger partial charge in [0.2, 0.25) is 0 Å². The van der Waals surface area contributed by atoms with Crippen molar-refractivity contribution in [1.82, 2.24) is 0 Å². The second-order valence-corrected chi connectivity index (χ2v) is 4.53. The molecular formula is C13H10OS. The second kappa shape index (κ2) is 3.63. The molecule has 1 aliphatic rings. The van der Waals surface area contributed by atoms with E-state index in [0.717, 1.165) is 5.75 Å². The Kier molecular flexibility index (Phi) is 2.14. The van der Waals surface area contributed by atoms with E-state index in [1.165, 1.54) is 15.4 Å². The summed E-state index contributed by atoms with van der Waals surface area (Å²) < 4.78 is 5.75. The third kappa shape index (κ3) is 1.61. The Bertz CT molecular complexity index is 448. The van der Waals surface area contributed by atoms with Gasteiger partial charge in [0.05, 0.1) is 4.90 Å². The van der Waals surface area contributed by atoms with Crippen LogP contribution in [0.1, 0.15) is 5.56 Å². The van der Waals surface area contributed by atoms with E-state index in [9.17, 15) is 0 Å². The molecule has 0 aromatic heterocycles. The minimum atomic E-state index is 0.667. The van der Waals surface area contributed by atoms with Gasteiger partial charge in [-0.25, -0.2) is 0 Å². The van der Waals surface area contributed by atoms with E-state index in [-0.39, 0.29) is 0 Å². The Morgan fingerprint density at radius 1 is 0.867 bits per heavy atom. The van der Waals surface area contributed by atoms with Crippen molar-refractivity contribution in [1.29, 1.82) is 0 Å². The molecule has 0 saturated carbocycles. The maximum absolute atomic E-state index is 5.75. The summed E-state index contributed by atoms with van der Waals surface area (Å²) in [6.07, 6.45) is 0. The van der Waals surface area contributed by atoms with E-state index in [0.29, 0.717) is 6.61 Å². The minimum absolute atomic E-state index is 0.667. The molecule has 1 aliphatic heterocycles. The highest BCUT2D eigenvalue weighted by molar-refractivity contribution is 7.99. The standard InChI is InChI=1S/C13H10OS/c1-3-7-12-10(5-1)9-14-11-6-2-4-8-13(11)15-12/h1-8H,9H2. The van der Waals surface area contributed by atoms with Gasteiger partial charge < -0.3 is 4.74 Å². The lowest BCUT2D eigenvalue weighted by molar-refractivity contribution is 0.298. The van der Waals surface area contributed by atoms with E-state index >= 15 is 0 Å². The summed E-state index contributed by atoms with van der Waals surface area (Å²) in [4.78, 5) is 2.49. The van der Waals surface area contributed by atoms with Crippen molar-refractivity contribution in [3.8, 4) is 5.75 Å².